The first-order chi connectivity index (χ1) is 8.44. The molecule has 0 aliphatic rings. The normalized spacial score (nSPS) is 13.0. The second-order valence-electron chi connectivity index (χ2n) is 4.96. The molecule has 0 amide bonds. The van der Waals surface area contributed by atoms with Crippen molar-refractivity contribution in [2.75, 3.05) is 5.75 Å². The van der Waals surface area contributed by atoms with Crippen LogP contribution in [0, 0.1) is 22.6 Å². The van der Waals surface area contributed by atoms with Gasteiger partial charge in [-0.1, -0.05) is 6.42 Å². The molecule has 0 fully saturated rings. The van der Waals surface area contributed by atoms with Crippen LogP contribution in [0.15, 0.2) is 29.2 Å². The number of halogens is 1. The smallest absolute Gasteiger partial charge is 0.123 e. The summed E-state index contributed by atoms with van der Waals surface area (Å²) in [5, 5.41) is 8.86. The topological polar surface area (TPSA) is 40.9 Å². The third kappa shape index (κ3) is 4.97. The Morgan fingerprint density at radius 1 is 1.28 bits per heavy atom. The van der Waals surface area contributed by atoms with Crippen molar-refractivity contribution in [3.8, 4) is 6.07 Å². The molecule has 2 nitrogen and oxygen atoms in total. The Morgan fingerprint density at radius 2 is 1.89 bits per heavy atom. The molecule has 0 spiro atoms. The van der Waals surface area contributed by atoms with Crippen molar-refractivity contribution in [1.29, 1.82) is 5.26 Å². The number of hydrogen-bond donors (Lipinski definition) is 0. The Morgan fingerprint density at radius 3 is 2.44 bits per heavy atom. The molecule has 0 bridgehead atoms. The van der Waals surface area contributed by atoms with Gasteiger partial charge in [0.25, 0.3) is 0 Å². The lowest BCUT2D eigenvalue weighted by atomic mass is 9.89. The summed E-state index contributed by atoms with van der Waals surface area (Å²) in [7, 11) is -1.07. The second kappa shape index (κ2) is 6.65. The molecule has 1 unspecified atom stereocenters. The molecule has 0 saturated carbocycles. The maximum Gasteiger partial charge on any atom is 0.123 e. The quantitative estimate of drug-likeness (QED) is 0.738. The molecular weight excluding hydrogens is 249 g/mol. The summed E-state index contributed by atoms with van der Waals surface area (Å²) in [4.78, 5) is 0.663. The minimum absolute atomic E-state index is 0.308. The van der Waals surface area contributed by atoms with E-state index in [4.69, 9.17) is 5.26 Å². The van der Waals surface area contributed by atoms with Crippen molar-refractivity contribution < 1.29 is 8.60 Å². The fourth-order valence-electron chi connectivity index (χ4n) is 1.56. The van der Waals surface area contributed by atoms with E-state index >= 15 is 0 Å². The summed E-state index contributed by atoms with van der Waals surface area (Å²) < 4.78 is 24.6. The van der Waals surface area contributed by atoms with Crippen LogP contribution in [0.2, 0.25) is 0 Å². The zero-order valence-corrected chi connectivity index (χ0v) is 11.6. The number of nitrogens with zero attached hydrogens (tertiary/aromatic N) is 1. The fraction of sp³-hybridized carbons (Fsp3) is 0.500. The number of unbranched alkanes of at least 4 members (excludes halogenated alkanes) is 1. The van der Waals surface area contributed by atoms with Crippen molar-refractivity contribution in [2.45, 2.75) is 38.0 Å². The van der Waals surface area contributed by atoms with Crippen LogP contribution in [0.5, 0.6) is 0 Å². The van der Waals surface area contributed by atoms with Gasteiger partial charge in [0.05, 0.1) is 22.3 Å². The Labute approximate surface area is 110 Å². The average Bonchev–Trinajstić information content (AvgIpc) is 2.35. The van der Waals surface area contributed by atoms with Crippen LogP contribution in [0.3, 0.4) is 0 Å². The minimum Gasteiger partial charge on any atom is -0.254 e. The van der Waals surface area contributed by atoms with Gasteiger partial charge in [-0.25, -0.2) is 4.39 Å². The van der Waals surface area contributed by atoms with E-state index < -0.39 is 10.8 Å². The van der Waals surface area contributed by atoms with Gasteiger partial charge < -0.3 is 0 Å². The predicted octanol–water partition coefficient (Wildman–Crippen LogP) is 3.65. The van der Waals surface area contributed by atoms with Crippen LogP contribution >= 0.6 is 0 Å². The maximum absolute atomic E-state index is 12.7. The van der Waals surface area contributed by atoms with E-state index in [1.165, 1.54) is 12.1 Å². The summed E-state index contributed by atoms with van der Waals surface area (Å²) in [5.41, 5.74) is -0.308. The first-order valence-electron chi connectivity index (χ1n) is 6.00. The fourth-order valence-corrected chi connectivity index (χ4v) is 2.70. The van der Waals surface area contributed by atoms with E-state index in [2.05, 4.69) is 6.07 Å². The van der Waals surface area contributed by atoms with Gasteiger partial charge in [0.1, 0.15) is 5.82 Å². The molecule has 0 heterocycles. The third-order valence-electron chi connectivity index (χ3n) is 2.76. The number of nitriles is 1. The van der Waals surface area contributed by atoms with Crippen molar-refractivity contribution in [3.05, 3.63) is 30.1 Å². The molecule has 0 saturated heterocycles. The predicted molar refractivity (Wildman–Crippen MR) is 70.9 cm³/mol. The van der Waals surface area contributed by atoms with Crippen LogP contribution < -0.4 is 0 Å². The molecular formula is C14H18FNOS. The molecule has 0 aliphatic carbocycles. The van der Waals surface area contributed by atoms with Crippen LogP contribution in [0.25, 0.3) is 0 Å². The molecule has 1 aromatic rings. The van der Waals surface area contributed by atoms with Crippen molar-refractivity contribution >= 4 is 10.8 Å². The summed E-state index contributed by atoms with van der Waals surface area (Å²) in [6, 6.07) is 8.02. The van der Waals surface area contributed by atoms with E-state index in [1.807, 2.05) is 13.8 Å². The Balaban J connectivity index is 2.34. The Hall–Kier alpha value is -1.21. The highest BCUT2D eigenvalue weighted by molar-refractivity contribution is 7.85. The highest BCUT2D eigenvalue weighted by Gasteiger charge is 2.15. The lowest BCUT2D eigenvalue weighted by molar-refractivity contribution is 0.432. The van der Waals surface area contributed by atoms with E-state index in [-0.39, 0.29) is 11.2 Å². The van der Waals surface area contributed by atoms with E-state index in [1.54, 1.807) is 12.1 Å². The molecule has 0 radical (unpaired) electrons. The van der Waals surface area contributed by atoms with Gasteiger partial charge in [-0.2, -0.15) is 5.26 Å². The van der Waals surface area contributed by atoms with E-state index in [0.29, 0.717) is 10.6 Å². The molecule has 1 aromatic carbocycles. The molecule has 0 aliphatic heterocycles. The lowest BCUT2D eigenvalue weighted by Gasteiger charge is -2.14. The van der Waals surface area contributed by atoms with Gasteiger partial charge >= 0.3 is 0 Å². The first-order valence-corrected chi connectivity index (χ1v) is 7.32. The van der Waals surface area contributed by atoms with Crippen molar-refractivity contribution in [3.63, 3.8) is 0 Å². The van der Waals surface area contributed by atoms with E-state index in [9.17, 15) is 8.60 Å². The van der Waals surface area contributed by atoms with Gasteiger partial charge in [0.2, 0.25) is 0 Å². The van der Waals surface area contributed by atoms with Gasteiger partial charge in [-0.3, -0.25) is 4.21 Å². The maximum atomic E-state index is 12.7. The average molecular weight is 267 g/mol. The zero-order chi connectivity index (χ0) is 13.6. The van der Waals surface area contributed by atoms with Crippen LogP contribution in [0.4, 0.5) is 4.39 Å². The lowest BCUT2D eigenvalue weighted by Crippen LogP contribution is -2.08. The molecule has 1 atom stereocenters. The first kappa shape index (κ1) is 14.8. The second-order valence-corrected chi connectivity index (χ2v) is 6.53. The number of rotatable bonds is 6. The third-order valence-corrected chi connectivity index (χ3v) is 4.22. The van der Waals surface area contributed by atoms with Crippen molar-refractivity contribution in [2.24, 2.45) is 5.41 Å². The molecule has 18 heavy (non-hydrogen) atoms. The molecule has 0 aromatic heterocycles. The van der Waals surface area contributed by atoms with Crippen LogP contribution in [-0.4, -0.2) is 9.96 Å². The highest BCUT2D eigenvalue weighted by Crippen LogP contribution is 2.22. The molecule has 1 rings (SSSR count). The highest BCUT2D eigenvalue weighted by atomic mass is 32.2. The van der Waals surface area contributed by atoms with Gasteiger partial charge in [-0.05, 0) is 51.0 Å². The molecule has 0 N–H and O–H groups in total. The monoisotopic (exact) mass is 267 g/mol. The van der Waals surface area contributed by atoms with Crippen molar-refractivity contribution in [1.82, 2.24) is 0 Å². The largest absolute Gasteiger partial charge is 0.254 e. The zero-order valence-electron chi connectivity index (χ0n) is 10.8. The summed E-state index contributed by atoms with van der Waals surface area (Å²) >= 11 is 0. The van der Waals surface area contributed by atoms with Crippen LogP contribution in [-0.2, 0) is 10.8 Å². The van der Waals surface area contributed by atoms with Gasteiger partial charge in [-0.15, -0.1) is 0 Å². The summed E-state index contributed by atoms with van der Waals surface area (Å²) in [6.45, 7) is 3.81. The SMILES string of the molecule is CC(C)(C#N)CCCCS(=O)c1ccc(F)cc1. The van der Waals surface area contributed by atoms with Gasteiger partial charge in [0, 0.05) is 10.6 Å². The molecule has 98 valence electrons. The minimum atomic E-state index is -1.07. The van der Waals surface area contributed by atoms with Crippen LogP contribution in [0.1, 0.15) is 33.1 Å². The Bertz CT molecular complexity index is 448. The van der Waals surface area contributed by atoms with Gasteiger partial charge in [0.15, 0.2) is 0 Å². The summed E-state index contributed by atoms with van der Waals surface area (Å²) in [5.74, 6) is 0.249. The standard InChI is InChI=1S/C14H18FNOS/c1-14(2,11-16)9-3-4-10-18(17)13-7-5-12(15)6-8-13/h5-8H,3-4,9-10H2,1-2H3. The molecule has 4 heteroatoms. The van der Waals surface area contributed by atoms with E-state index in [0.717, 1.165) is 19.3 Å². The number of hydrogen-bond acceptors (Lipinski definition) is 2. The number of benzene rings is 1. The Kier molecular flexibility index (Phi) is 5.49. The summed E-state index contributed by atoms with van der Waals surface area (Å²) in [6.07, 6.45) is 2.51.